The van der Waals surface area contributed by atoms with Crippen molar-refractivity contribution in [2.24, 2.45) is 11.8 Å². The van der Waals surface area contributed by atoms with Crippen LogP contribution in [0.25, 0.3) is 11.3 Å². The number of carbonyl (C=O) groups excluding carboxylic acids is 1. The molecular formula is C17H14F3N3O3. The SMILES string of the molecule is O=C(O)[C@@H]1CN(C(=O)c2cncnc2-c2ccccc2)C[C@H]1C(F)(F)F. The van der Waals surface area contributed by atoms with Gasteiger partial charge in [0.1, 0.15) is 6.33 Å². The molecule has 9 heteroatoms. The first-order chi connectivity index (χ1) is 12.3. The molecule has 2 atom stereocenters. The van der Waals surface area contributed by atoms with E-state index in [4.69, 9.17) is 5.11 Å². The molecule has 26 heavy (non-hydrogen) atoms. The molecule has 0 aliphatic carbocycles. The number of likely N-dealkylation sites (tertiary alicyclic amines) is 1. The molecule has 1 N–H and O–H groups in total. The summed E-state index contributed by atoms with van der Waals surface area (Å²) >= 11 is 0. The van der Waals surface area contributed by atoms with Crippen LogP contribution in [0.1, 0.15) is 10.4 Å². The Bertz CT molecular complexity index is 827. The lowest BCUT2D eigenvalue weighted by Gasteiger charge is -2.19. The van der Waals surface area contributed by atoms with E-state index in [-0.39, 0.29) is 11.3 Å². The summed E-state index contributed by atoms with van der Waals surface area (Å²) in [6, 6.07) is 8.67. The predicted octanol–water partition coefficient (Wildman–Crippen LogP) is 2.48. The predicted molar refractivity (Wildman–Crippen MR) is 84.0 cm³/mol. The van der Waals surface area contributed by atoms with Gasteiger partial charge >= 0.3 is 12.1 Å². The summed E-state index contributed by atoms with van der Waals surface area (Å²) in [5, 5.41) is 9.09. The second-order valence-corrected chi connectivity index (χ2v) is 5.95. The summed E-state index contributed by atoms with van der Waals surface area (Å²) in [7, 11) is 0. The Kier molecular flexibility index (Phi) is 4.62. The molecule has 1 saturated heterocycles. The van der Waals surface area contributed by atoms with Gasteiger partial charge in [0.05, 0.1) is 23.1 Å². The maximum absolute atomic E-state index is 13.1. The van der Waals surface area contributed by atoms with E-state index in [1.165, 1.54) is 12.5 Å². The fourth-order valence-corrected chi connectivity index (χ4v) is 3.03. The molecule has 1 amide bonds. The van der Waals surface area contributed by atoms with Crippen LogP contribution in [0.5, 0.6) is 0 Å². The number of nitrogens with zero attached hydrogens (tertiary/aromatic N) is 3. The third-order valence-corrected chi connectivity index (χ3v) is 4.33. The summed E-state index contributed by atoms with van der Waals surface area (Å²) in [6.45, 7) is -1.22. The maximum atomic E-state index is 13.1. The molecule has 3 rings (SSSR count). The number of hydrogen-bond donors (Lipinski definition) is 1. The Balaban J connectivity index is 1.93. The number of benzene rings is 1. The number of carboxylic acid groups (broad SMARTS) is 1. The van der Waals surface area contributed by atoms with E-state index in [0.29, 0.717) is 5.56 Å². The maximum Gasteiger partial charge on any atom is 0.394 e. The highest BCUT2D eigenvalue weighted by atomic mass is 19.4. The van der Waals surface area contributed by atoms with E-state index in [0.717, 1.165) is 4.90 Å². The number of carbonyl (C=O) groups is 2. The molecule has 0 radical (unpaired) electrons. The van der Waals surface area contributed by atoms with E-state index in [1.54, 1.807) is 30.3 Å². The molecule has 1 aliphatic rings. The number of aliphatic carboxylic acids is 1. The van der Waals surface area contributed by atoms with E-state index in [1.807, 2.05) is 0 Å². The summed E-state index contributed by atoms with van der Waals surface area (Å²) in [5.74, 6) is -6.09. The van der Waals surface area contributed by atoms with E-state index >= 15 is 0 Å². The Morgan fingerprint density at radius 2 is 1.85 bits per heavy atom. The first-order valence-electron chi connectivity index (χ1n) is 7.73. The largest absolute Gasteiger partial charge is 0.481 e. The number of hydrogen-bond acceptors (Lipinski definition) is 4. The van der Waals surface area contributed by atoms with Crippen LogP contribution in [0.4, 0.5) is 13.2 Å². The number of amides is 1. The van der Waals surface area contributed by atoms with E-state index in [9.17, 15) is 22.8 Å². The van der Waals surface area contributed by atoms with Gasteiger partial charge in [-0.05, 0) is 0 Å². The Hall–Kier alpha value is -2.97. The van der Waals surface area contributed by atoms with Gasteiger partial charge < -0.3 is 10.0 Å². The molecule has 1 aliphatic heterocycles. The number of halogens is 3. The van der Waals surface area contributed by atoms with Gasteiger partial charge in [0.2, 0.25) is 0 Å². The zero-order valence-corrected chi connectivity index (χ0v) is 13.3. The van der Waals surface area contributed by atoms with Gasteiger partial charge in [0, 0.05) is 24.8 Å². The fraction of sp³-hybridized carbons (Fsp3) is 0.294. The minimum atomic E-state index is -4.70. The first kappa shape index (κ1) is 17.8. The van der Waals surface area contributed by atoms with Crippen LogP contribution < -0.4 is 0 Å². The molecule has 0 saturated carbocycles. The molecular weight excluding hydrogens is 351 g/mol. The van der Waals surface area contributed by atoms with Crippen LogP contribution in [0.2, 0.25) is 0 Å². The molecule has 0 spiro atoms. The van der Waals surface area contributed by atoms with Crippen molar-refractivity contribution >= 4 is 11.9 Å². The minimum absolute atomic E-state index is 0.0330. The van der Waals surface area contributed by atoms with Crippen molar-refractivity contribution in [2.75, 3.05) is 13.1 Å². The lowest BCUT2D eigenvalue weighted by atomic mass is 9.96. The van der Waals surface area contributed by atoms with Crippen molar-refractivity contribution in [2.45, 2.75) is 6.18 Å². The Labute approximate surface area is 146 Å². The first-order valence-corrected chi connectivity index (χ1v) is 7.73. The summed E-state index contributed by atoms with van der Waals surface area (Å²) in [5.41, 5.74) is 0.929. The van der Waals surface area contributed by atoms with Crippen molar-refractivity contribution in [3.8, 4) is 11.3 Å². The van der Waals surface area contributed by atoms with Crippen LogP contribution in [-0.4, -0.2) is 51.1 Å². The van der Waals surface area contributed by atoms with Crippen LogP contribution in [0.3, 0.4) is 0 Å². The van der Waals surface area contributed by atoms with Gasteiger partial charge in [-0.25, -0.2) is 9.97 Å². The molecule has 136 valence electrons. The Morgan fingerprint density at radius 3 is 2.42 bits per heavy atom. The lowest BCUT2D eigenvalue weighted by Crippen LogP contribution is -2.34. The van der Waals surface area contributed by atoms with Crippen LogP contribution in [0.15, 0.2) is 42.9 Å². The molecule has 1 aromatic carbocycles. The number of alkyl halides is 3. The normalized spacial score (nSPS) is 20.2. The topological polar surface area (TPSA) is 83.4 Å². The Morgan fingerprint density at radius 1 is 1.15 bits per heavy atom. The van der Waals surface area contributed by atoms with Gasteiger partial charge in [-0.2, -0.15) is 13.2 Å². The van der Waals surface area contributed by atoms with Crippen molar-refractivity contribution in [3.05, 3.63) is 48.4 Å². The quantitative estimate of drug-likeness (QED) is 0.904. The average Bonchev–Trinajstić information content (AvgIpc) is 3.08. The number of carboxylic acids is 1. The highest BCUT2D eigenvalue weighted by Crippen LogP contribution is 2.38. The average molecular weight is 365 g/mol. The van der Waals surface area contributed by atoms with Crippen molar-refractivity contribution in [1.29, 1.82) is 0 Å². The second kappa shape index (κ2) is 6.74. The van der Waals surface area contributed by atoms with Crippen LogP contribution >= 0.6 is 0 Å². The summed E-state index contributed by atoms with van der Waals surface area (Å²) < 4.78 is 39.4. The molecule has 1 fully saturated rings. The minimum Gasteiger partial charge on any atom is -0.481 e. The van der Waals surface area contributed by atoms with E-state index in [2.05, 4.69) is 9.97 Å². The highest BCUT2D eigenvalue weighted by molar-refractivity contribution is 6.00. The second-order valence-electron chi connectivity index (χ2n) is 5.95. The van der Waals surface area contributed by atoms with Crippen molar-refractivity contribution in [1.82, 2.24) is 14.9 Å². The van der Waals surface area contributed by atoms with Crippen molar-refractivity contribution in [3.63, 3.8) is 0 Å². The third kappa shape index (κ3) is 3.37. The van der Waals surface area contributed by atoms with E-state index < -0.39 is 43.0 Å². The van der Waals surface area contributed by atoms with Crippen LogP contribution in [-0.2, 0) is 4.79 Å². The van der Waals surface area contributed by atoms with Crippen molar-refractivity contribution < 1.29 is 27.9 Å². The highest BCUT2D eigenvalue weighted by Gasteiger charge is 2.53. The molecule has 6 nitrogen and oxygen atoms in total. The molecule has 1 aromatic heterocycles. The molecule has 2 heterocycles. The fourth-order valence-electron chi connectivity index (χ4n) is 3.03. The van der Waals surface area contributed by atoms with Gasteiger partial charge in [-0.1, -0.05) is 30.3 Å². The summed E-state index contributed by atoms with van der Waals surface area (Å²) in [4.78, 5) is 32.7. The monoisotopic (exact) mass is 365 g/mol. The zero-order valence-electron chi connectivity index (χ0n) is 13.3. The van der Waals surface area contributed by atoms with Gasteiger partial charge in [-0.3, -0.25) is 9.59 Å². The molecule has 0 unspecified atom stereocenters. The molecule has 2 aromatic rings. The van der Waals surface area contributed by atoms with Gasteiger partial charge in [0.15, 0.2) is 0 Å². The summed E-state index contributed by atoms with van der Waals surface area (Å²) in [6.07, 6.45) is -2.23. The third-order valence-electron chi connectivity index (χ3n) is 4.33. The van der Waals surface area contributed by atoms with Gasteiger partial charge in [-0.15, -0.1) is 0 Å². The standard InChI is InChI=1S/C17H14F3N3O3/c18-17(19,20)13-8-23(7-12(13)16(25)26)15(24)11-6-21-9-22-14(11)10-4-2-1-3-5-10/h1-6,9,12-13H,7-8H2,(H,25,26)/t12-,13-/m1/s1. The van der Waals surface area contributed by atoms with Gasteiger partial charge in [0.25, 0.3) is 5.91 Å². The van der Waals surface area contributed by atoms with Crippen LogP contribution in [0, 0.1) is 11.8 Å². The number of rotatable bonds is 3. The lowest BCUT2D eigenvalue weighted by molar-refractivity contribution is -0.187. The number of aromatic nitrogens is 2. The molecule has 0 bridgehead atoms. The zero-order chi connectivity index (χ0) is 18.9. The smallest absolute Gasteiger partial charge is 0.394 e.